The fraction of sp³-hybridized carbons (Fsp3) is 0.100. The zero-order valence-corrected chi connectivity index (χ0v) is 15.1. The number of anilines is 1. The third-order valence-electron chi connectivity index (χ3n) is 3.88. The van der Waals surface area contributed by atoms with E-state index >= 15 is 0 Å². The maximum absolute atomic E-state index is 11.8. The van der Waals surface area contributed by atoms with Crippen molar-refractivity contribution in [2.75, 3.05) is 11.9 Å². The molecule has 0 aliphatic rings. The minimum atomic E-state index is -0.465. The maximum atomic E-state index is 11.8. The number of nitrogens with one attached hydrogen (secondary N) is 2. The molecule has 2 aromatic carbocycles. The second kappa shape index (κ2) is 8.63. The molecule has 2 N–H and O–H groups in total. The van der Waals surface area contributed by atoms with Crippen LogP contribution in [-0.4, -0.2) is 23.6 Å². The predicted molar refractivity (Wildman–Crippen MR) is 106 cm³/mol. The summed E-state index contributed by atoms with van der Waals surface area (Å²) in [6, 6.07) is 17.2. The second-order valence-electron chi connectivity index (χ2n) is 5.99. The van der Waals surface area contributed by atoms with E-state index in [2.05, 4.69) is 15.8 Å². The van der Waals surface area contributed by atoms with E-state index in [9.17, 15) is 14.9 Å². The lowest BCUT2D eigenvalue weighted by Gasteiger charge is -2.05. The molecule has 0 bridgehead atoms. The number of carbonyl (C=O) groups excluding carboxylic acids is 1. The summed E-state index contributed by atoms with van der Waals surface area (Å²) in [6.07, 6.45) is 1.34. The Bertz CT molecular complexity index is 1010. The zero-order chi connectivity index (χ0) is 19.9. The Balaban J connectivity index is 1.56. The van der Waals surface area contributed by atoms with Gasteiger partial charge in [-0.05, 0) is 37.3 Å². The summed E-state index contributed by atoms with van der Waals surface area (Å²) < 4.78 is 5.56. The van der Waals surface area contributed by atoms with E-state index in [1.54, 1.807) is 30.3 Å². The summed E-state index contributed by atoms with van der Waals surface area (Å²) in [5.41, 5.74) is 4.69. The number of hydrogen-bond acceptors (Lipinski definition) is 6. The number of rotatable bonds is 7. The van der Waals surface area contributed by atoms with Crippen LogP contribution >= 0.6 is 0 Å². The Labute approximate surface area is 161 Å². The molecule has 1 amide bonds. The number of carbonyl (C=O) groups is 1. The van der Waals surface area contributed by atoms with Crippen molar-refractivity contribution in [1.29, 1.82) is 0 Å². The first-order valence-electron chi connectivity index (χ1n) is 8.49. The van der Waals surface area contributed by atoms with Crippen LogP contribution in [0.15, 0.2) is 70.2 Å². The largest absolute Gasteiger partial charge is 0.455 e. The molecule has 3 rings (SSSR count). The van der Waals surface area contributed by atoms with E-state index in [0.29, 0.717) is 17.1 Å². The normalized spacial score (nSPS) is 10.8. The Morgan fingerprint density at radius 3 is 2.64 bits per heavy atom. The fourth-order valence-electron chi connectivity index (χ4n) is 2.47. The standard InChI is InChI=1S/C20H18N4O4/c1-14-6-8-15(9-7-14)21-13-20(25)23-22-12-16-10-11-19(28-16)17-4-2-3-5-18(17)24(26)27/h2-12,21H,13H2,1H3,(H,23,25). The molecule has 0 radical (unpaired) electrons. The van der Waals surface area contributed by atoms with Crippen LogP contribution < -0.4 is 10.7 Å². The highest BCUT2D eigenvalue weighted by atomic mass is 16.6. The average Bonchev–Trinajstić information content (AvgIpc) is 3.16. The maximum Gasteiger partial charge on any atom is 0.280 e. The van der Waals surface area contributed by atoms with E-state index in [0.717, 1.165) is 11.3 Å². The van der Waals surface area contributed by atoms with Crippen LogP contribution in [0.25, 0.3) is 11.3 Å². The van der Waals surface area contributed by atoms with Crippen molar-refractivity contribution in [2.24, 2.45) is 5.10 Å². The van der Waals surface area contributed by atoms with E-state index in [1.165, 1.54) is 12.3 Å². The van der Waals surface area contributed by atoms with Gasteiger partial charge in [0, 0.05) is 11.8 Å². The lowest BCUT2D eigenvalue weighted by molar-refractivity contribution is -0.384. The smallest absolute Gasteiger partial charge is 0.280 e. The molecule has 0 fully saturated rings. The van der Waals surface area contributed by atoms with Crippen molar-refractivity contribution in [1.82, 2.24) is 5.43 Å². The van der Waals surface area contributed by atoms with E-state index in [4.69, 9.17) is 4.42 Å². The van der Waals surface area contributed by atoms with Gasteiger partial charge >= 0.3 is 0 Å². The Hall–Kier alpha value is -3.94. The molecule has 0 aliphatic carbocycles. The predicted octanol–water partition coefficient (Wildman–Crippen LogP) is 3.73. The third kappa shape index (κ3) is 4.82. The first-order chi connectivity index (χ1) is 13.5. The number of nitro benzene ring substituents is 1. The number of furan rings is 1. The molecule has 0 unspecified atom stereocenters. The van der Waals surface area contributed by atoms with Gasteiger partial charge in [-0.25, -0.2) is 5.43 Å². The Morgan fingerprint density at radius 2 is 1.89 bits per heavy atom. The highest BCUT2D eigenvalue weighted by Crippen LogP contribution is 2.30. The molecule has 8 heteroatoms. The van der Waals surface area contributed by atoms with E-state index in [1.807, 2.05) is 31.2 Å². The van der Waals surface area contributed by atoms with Gasteiger partial charge in [-0.2, -0.15) is 5.10 Å². The van der Waals surface area contributed by atoms with E-state index in [-0.39, 0.29) is 18.1 Å². The number of amides is 1. The van der Waals surface area contributed by atoms with Gasteiger partial charge in [-0.3, -0.25) is 14.9 Å². The van der Waals surface area contributed by atoms with Gasteiger partial charge in [-0.1, -0.05) is 29.8 Å². The monoisotopic (exact) mass is 378 g/mol. The lowest BCUT2D eigenvalue weighted by atomic mass is 10.1. The molecular weight excluding hydrogens is 360 g/mol. The molecular formula is C20H18N4O4. The number of aryl methyl sites for hydroxylation is 1. The van der Waals surface area contributed by atoms with Crippen molar-refractivity contribution >= 4 is 23.5 Å². The van der Waals surface area contributed by atoms with Crippen LogP contribution in [0.2, 0.25) is 0 Å². The van der Waals surface area contributed by atoms with Gasteiger partial charge in [0.05, 0.1) is 23.2 Å². The molecule has 1 heterocycles. The van der Waals surface area contributed by atoms with Gasteiger partial charge in [0.25, 0.3) is 11.6 Å². The Kier molecular flexibility index (Phi) is 5.81. The van der Waals surface area contributed by atoms with Gasteiger partial charge in [-0.15, -0.1) is 0 Å². The molecule has 1 aromatic heterocycles. The summed E-state index contributed by atoms with van der Waals surface area (Å²) in [4.78, 5) is 22.5. The fourth-order valence-corrected chi connectivity index (χ4v) is 2.47. The number of hydrazone groups is 1. The van der Waals surface area contributed by atoms with Gasteiger partial charge in [0.2, 0.25) is 0 Å². The summed E-state index contributed by atoms with van der Waals surface area (Å²) >= 11 is 0. The topological polar surface area (TPSA) is 110 Å². The highest BCUT2D eigenvalue weighted by molar-refractivity contribution is 5.83. The van der Waals surface area contributed by atoms with Gasteiger partial charge < -0.3 is 9.73 Å². The number of benzene rings is 2. The molecule has 28 heavy (non-hydrogen) atoms. The molecule has 0 aliphatic heterocycles. The summed E-state index contributed by atoms with van der Waals surface area (Å²) in [5, 5.41) is 17.9. The molecule has 0 spiro atoms. The van der Waals surface area contributed by atoms with Crippen molar-refractivity contribution in [3.05, 3.63) is 82.1 Å². The Morgan fingerprint density at radius 1 is 1.14 bits per heavy atom. The van der Waals surface area contributed by atoms with Crippen LogP contribution in [0.5, 0.6) is 0 Å². The van der Waals surface area contributed by atoms with Crippen LogP contribution in [0.4, 0.5) is 11.4 Å². The SMILES string of the molecule is Cc1ccc(NCC(=O)NN=Cc2ccc(-c3ccccc3[N+](=O)[O-])o2)cc1. The quantitative estimate of drug-likeness (QED) is 0.370. The number of para-hydroxylation sites is 1. The summed E-state index contributed by atoms with van der Waals surface area (Å²) in [6.45, 7) is 2.06. The number of hydrogen-bond donors (Lipinski definition) is 2. The molecule has 142 valence electrons. The average molecular weight is 378 g/mol. The molecule has 8 nitrogen and oxygen atoms in total. The van der Waals surface area contributed by atoms with Crippen LogP contribution in [0, 0.1) is 17.0 Å². The minimum absolute atomic E-state index is 0.0455. The van der Waals surface area contributed by atoms with Crippen molar-refractivity contribution in [3.63, 3.8) is 0 Å². The van der Waals surface area contributed by atoms with E-state index < -0.39 is 4.92 Å². The summed E-state index contributed by atoms with van der Waals surface area (Å²) in [5.74, 6) is 0.392. The number of nitro groups is 1. The number of nitrogens with zero attached hydrogens (tertiary/aromatic N) is 2. The third-order valence-corrected chi connectivity index (χ3v) is 3.88. The van der Waals surface area contributed by atoms with Crippen LogP contribution in [-0.2, 0) is 4.79 Å². The second-order valence-corrected chi connectivity index (χ2v) is 5.99. The molecule has 0 saturated heterocycles. The summed E-state index contributed by atoms with van der Waals surface area (Å²) in [7, 11) is 0. The van der Waals surface area contributed by atoms with Crippen LogP contribution in [0.3, 0.4) is 0 Å². The molecule has 3 aromatic rings. The molecule has 0 saturated carbocycles. The lowest BCUT2D eigenvalue weighted by Crippen LogP contribution is -2.25. The van der Waals surface area contributed by atoms with Crippen LogP contribution in [0.1, 0.15) is 11.3 Å². The first kappa shape index (κ1) is 18.8. The zero-order valence-electron chi connectivity index (χ0n) is 15.1. The molecule has 0 atom stereocenters. The van der Waals surface area contributed by atoms with Gasteiger partial charge in [0.15, 0.2) is 0 Å². The van der Waals surface area contributed by atoms with Crippen molar-refractivity contribution in [2.45, 2.75) is 6.92 Å². The first-order valence-corrected chi connectivity index (χ1v) is 8.49. The van der Waals surface area contributed by atoms with Crippen molar-refractivity contribution < 1.29 is 14.1 Å². The highest BCUT2D eigenvalue weighted by Gasteiger charge is 2.16. The minimum Gasteiger partial charge on any atom is -0.455 e. The van der Waals surface area contributed by atoms with Gasteiger partial charge in [0.1, 0.15) is 11.5 Å². The van der Waals surface area contributed by atoms with Crippen molar-refractivity contribution in [3.8, 4) is 11.3 Å².